The molecule has 0 amide bonds. The first kappa shape index (κ1) is 17.8. The summed E-state index contributed by atoms with van der Waals surface area (Å²) < 4.78 is 10.6. The quantitative estimate of drug-likeness (QED) is 0.429. The average molecular weight is 291 g/mol. The third-order valence-electron chi connectivity index (χ3n) is 3.76. The van der Waals surface area contributed by atoms with Gasteiger partial charge >= 0.3 is 0 Å². The highest BCUT2D eigenvalue weighted by atomic mass is 16.7. The third kappa shape index (κ3) is 4.36. The molecule has 1 fully saturated rings. The van der Waals surface area contributed by atoms with Crippen LogP contribution < -0.4 is 11.5 Å². The number of ether oxygens (including phenoxy) is 2. The second kappa shape index (κ2) is 8.89. The van der Waals surface area contributed by atoms with E-state index in [-0.39, 0.29) is 0 Å². The Kier molecular flexibility index (Phi) is 7.90. The molecular weight excluding hydrogens is 262 g/mol. The van der Waals surface area contributed by atoms with E-state index in [9.17, 15) is 10.2 Å². The van der Waals surface area contributed by atoms with E-state index in [1.807, 2.05) is 4.90 Å². The molecule has 0 aromatic rings. The van der Waals surface area contributed by atoms with Gasteiger partial charge in [0.2, 0.25) is 0 Å². The molecule has 1 aliphatic rings. The molecule has 120 valence electrons. The molecule has 0 aromatic heterocycles. The Labute approximate surface area is 120 Å². The molecule has 7 nitrogen and oxygen atoms in total. The molecule has 20 heavy (non-hydrogen) atoms. The average Bonchev–Trinajstić information content (AvgIpc) is 2.45. The van der Waals surface area contributed by atoms with Crippen LogP contribution in [0.4, 0.5) is 0 Å². The summed E-state index contributed by atoms with van der Waals surface area (Å²) in [5.41, 5.74) is 11.1. The van der Waals surface area contributed by atoms with Gasteiger partial charge in [-0.05, 0) is 45.9 Å². The van der Waals surface area contributed by atoms with Gasteiger partial charge < -0.3 is 31.2 Å². The van der Waals surface area contributed by atoms with E-state index in [0.717, 1.165) is 12.8 Å². The summed E-state index contributed by atoms with van der Waals surface area (Å²) in [6.07, 6.45) is -1.20. The Morgan fingerprint density at radius 3 is 2.10 bits per heavy atom. The molecule has 0 aromatic carbocycles. The van der Waals surface area contributed by atoms with E-state index < -0.39 is 30.6 Å². The van der Waals surface area contributed by atoms with Gasteiger partial charge in [-0.15, -0.1) is 0 Å². The number of aliphatic hydroxyl groups is 2. The summed E-state index contributed by atoms with van der Waals surface area (Å²) in [5, 5.41) is 20.7. The molecule has 1 rings (SSSR count). The van der Waals surface area contributed by atoms with Crippen molar-refractivity contribution in [1.29, 1.82) is 0 Å². The van der Waals surface area contributed by atoms with Gasteiger partial charge in [0.1, 0.15) is 6.10 Å². The largest absolute Gasteiger partial charge is 0.389 e. The highest BCUT2D eigenvalue weighted by Gasteiger charge is 2.45. The summed E-state index contributed by atoms with van der Waals surface area (Å²) >= 11 is 0. The van der Waals surface area contributed by atoms with E-state index in [1.54, 1.807) is 6.92 Å². The highest BCUT2D eigenvalue weighted by molar-refractivity contribution is 4.94. The fourth-order valence-electron chi connectivity index (χ4n) is 2.64. The summed E-state index contributed by atoms with van der Waals surface area (Å²) in [4.78, 5) is 2.04. The van der Waals surface area contributed by atoms with Crippen LogP contribution >= 0.6 is 0 Å². The lowest BCUT2D eigenvalue weighted by Crippen LogP contribution is -2.64. The van der Waals surface area contributed by atoms with Crippen molar-refractivity contribution in [3.05, 3.63) is 0 Å². The van der Waals surface area contributed by atoms with Crippen LogP contribution in [0.25, 0.3) is 0 Å². The van der Waals surface area contributed by atoms with Gasteiger partial charge in [0, 0.05) is 7.11 Å². The predicted molar refractivity (Wildman–Crippen MR) is 76.1 cm³/mol. The molecule has 0 aliphatic carbocycles. The second-order valence-corrected chi connectivity index (χ2v) is 5.24. The molecule has 0 bridgehead atoms. The standard InChI is InChI=1S/C13H29N3O4/c1-9-11(17)10(12(18)13(19-2)20-9)16(7-3-5-14)8-4-6-15/h9-13,17-18H,3-8,14-15H2,1-2H3/t9-,10+,11?,12+,13?/m1/s1. The lowest BCUT2D eigenvalue weighted by Gasteiger charge is -2.46. The van der Waals surface area contributed by atoms with Crippen molar-refractivity contribution in [3.63, 3.8) is 0 Å². The first-order chi connectivity index (χ1) is 9.56. The first-order valence-corrected chi connectivity index (χ1v) is 7.25. The topological polar surface area (TPSA) is 114 Å². The number of nitrogens with zero attached hydrogens (tertiary/aromatic N) is 1. The Bertz CT molecular complexity index is 262. The maximum absolute atomic E-state index is 10.4. The zero-order chi connectivity index (χ0) is 15.1. The van der Waals surface area contributed by atoms with Crippen LogP contribution in [0.1, 0.15) is 19.8 Å². The van der Waals surface area contributed by atoms with Gasteiger partial charge in [0.25, 0.3) is 0 Å². The maximum Gasteiger partial charge on any atom is 0.185 e. The summed E-state index contributed by atoms with van der Waals surface area (Å²) in [5.74, 6) is 0. The van der Waals surface area contributed by atoms with Crippen LogP contribution in [0, 0.1) is 0 Å². The molecule has 2 unspecified atom stereocenters. The van der Waals surface area contributed by atoms with Gasteiger partial charge in [-0.3, -0.25) is 4.90 Å². The molecule has 6 N–H and O–H groups in total. The van der Waals surface area contributed by atoms with Crippen molar-refractivity contribution < 1.29 is 19.7 Å². The number of nitrogens with two attached hydrogens (primary N) is 2. The van der Waals surface area contributed by atoms with Crippen molar-refractivity contribution in [3.8, 4) is 0 Å². The van der Waals surface area contributed by atoms with Crippen LogP contribution in [-0.2, 0) is 9.47 Å². The zero-order valence-electron chi connectivity index (χ0n) is 12.4. The van der Waals surface area contributed by atoms with Crippen LogP contribution in [-0.4, -0.2) is 79.0 Å². The minimum absolute atomic E-state index is 0.397. The first-order valence-electron chi connectivity index (χ1n) is 7.25. The lowest BCUT2D eigenvalue weighted by molar-refractivity contribution is -0.275. The smallest absolute Gasteiger partial charge is 0.185 e. The van der Waals surface area contributed by atoms with Gasteiger partial charge in [-0.2, -0.15) is 0 Å². The van der Waals surface area contributed by atoms with Gasteiger partial charge in [-0.1, -0.05) is 0 Å². The van der Waals surface area contributed by atoms with E-state index in [0.29, 0.717) is 26.2 Å². The van der Waals surface area contributed by atoms with Crippen LogP contribution in [0.5, 0.6) is 0 Å². The lowest BCUT2D eigenvalue weighted by atomic mass is 9.94. The van der Waals surface area contributed by atoms with Gasteiger partial charge in [0.15, 0.2) is 6.29 Å². The number of aliphatic hydroxyl groups excluding tert-OH is 2. The predicted octanol–water partition coefficient (Wildman–Crippen LogP) is -1.53. The molecular formula is C13H29N3O4. The normalized spacial score (nSPS) is 34.6. The second-order valence-electron chi connectivity index (χ2n) is 5.24. The summed E-state index contributed by atoms with van der Waals surface area (Å²) in [6, 6.07) is -0.429. The van der Waals surface area contributed by atoms with Crippen LogP contribution in [0.3, 0.4) is 0 Å². The molecule has 0 saturated carbocycles. The molecule has 7 heteroatoms. The third-order valence-corrected chi connectivity index (χ3v) is 3.76. The van der Waals surface area contributed by atoms with Crippen molar-refractivity contribution in [2.45, 2.75) is 50.4 Å². The SMILES string of the molecule is COC1O[C@H](C)C(O)[C@H](N(CCCN)CCCN)[C@@H]1O. The minimum Gasteiger partial charge on any atom is -0.389 e. The Morgan fingerprint density at radius 1 is 1.10 bits per heavy atom. The number of hydrogen-bond acceptors (Lipinski definition) is 7. The molecule has 1 saturated heterocycles. The van der Waals surface area contributed by atoms with Crippen molar-refractivity contribution in [2.75, 3.05) is 33.3 Å². The van der Waals surface area contributed by atoms with Crippen LogP contribution in [0.15, 0.2) is 0 Å². The summed E-state index contributed by atoms with van der Waals surface area (Å²) in [7, 11) is 1.49. The Balaban J connectivity index is 2.81. The van der Waals surface area contributed by atoms with Crippen molar-refractivity contribution >= 4 is 0 Å². The van der Waals surface area contributed by atoms with E-state index in [2.05, 4.69) is 0 Å². The Morgan fingerprint density at radius 2 is 1.65 bits per heavy atom. The zero-order valence-corrected chi connectivity index (χ0v) is 12.4. The molecule has 5 atom stereocenters. The van der Waals surface area contributed by atoms with Crippen molar-refractivity contribution in [1.82, 2.24) is 4.90 Å². The van der Waals surface area contributed by atoms with E-state index in [1.165, 1.54) is 7.11 Å². The number of rotatable bonds is 8. The van der Waals surface area contributed by atoms with E-state index >= 15 is 0 Å². The fourth-order valence-corrected chi connectivity index (χ4v) is 2.64. The van der Waals surface area contributed by atoms with Crippen LogP contribution in [0.2, 0.25) is 0 Å². The maximum atomic E-state index is 10.4. The molecule has 1 aliphatic heterocycles. The number of hydrogen-bond donors (Lipinski definition) is 4. The minimum atomic E-state index is -0.901. The van der Waals surface area contributed by atoms with Crippen molar-refractivity contribution in [2.24, 2.45) is 11.5 Å². The molecule has 0 radical (unpaired) electrons. The summed E-state index contributed by atoms with van der Waals surface area (Å²) in [6.45, 7) is 4.33. The molecule has 1 heterocycles. The van der Waals surface area contributed by atoms with E-state index in [4.69, 9.17) is 20.9 Å². The monoisotopic (exact) mass is 291 g/mol. The Hall–Kier alpha value is -0.280. The van der Waals surface area contributed by atoms with Gasteiger partial charge in [-0.25, -0.2) is 0 Å². The fraction of sp³-hybridized carbons (Fsp3) is 1.00. The number of methoxy groups -OCH3 is 1. The van der Waals surface area contributed by atoms with Gasteiger partial charge in [0.05, 0.1) is 18.2 Å². The highest BCUT2D eigenvalue weighted by Crippen LogP contribution is 2.25. The molecule has 0 spiro atoms.